The van der Waals surface area contributed by atoms with E-state index in [4.69, 9.17) is 5.73 Å². The highest BCUT2D eigenvalue weighted by Gasteiger charge is 2.26. The average molecular weight is 227 g/mol. The molecule has 0 heterocycles. The van der Waals surface area contributed by atoms with E-state index in [9.17, 15) is 8.78 Å². The monoisotopic (exact) mass is 227 g/mol. The molecule has 0 saturated heterocycles. The second-order valence-electron chi connectivity index (χ2n) is 4.73. The Kier molecular flexibility index (Phi) is 4.03. The molecule has 0 saturated carbocycles. The highest BCUT2D eigenvalue weighted by Crippen LogP contribution is 2.23. The summed E-state index contributed by atoms with van der Waals surface area (Å²) in [7, 11) is 0. The van der Waals surface area contributed by atoms with E-state index < -0.39 is 11.4 Å². The van der Waals surface area contributed by atoms with E-state index >= 15 is 0 Å². The lowest BCUT2D eigenvalue weighted by atomic mass is 9.81. The quantitative estimate of drug-likeness (QED) is 0.839. The predicted octanol–water partition coefficient (Wildman–Crippen LogP) is 3.27. The Bertz CT molecular complexity index is 361. The Morgan fingerprint density at radius 1 is 1.38 bits per heavy atom. The van der Waals surface area contributed by atoms with Gasteiger partial charge >= 0.3 is 0 Å². The minimum Gasteiger partial charge on any atom is -0.325 e. The summed E-state index contributed by atoms with van der Waals surface area (Å²) in [6.07, 6.45) is 1.27. The number of rotatable bonds is 4. The van der Waals surface area contributed by atoms with Gasteiger partial charge in [-0.3, -0.25) is 0 Å². The summed E-state index contributed by atoms with van der Waals surface area (Å²) in [5.74, 6) is -0.548. The number of benzene rings is 1. The molecule has 0 spiro atoms. The minimum absolute atomic E-state index is 0.259. The molecule has 2 N–H and O–H groups in total. The van der Waals surface area contributed by atoms with Gasteiger partial charge in [0.15, 0.2) is 0 Å². The Labute approximate surface area is 95.7 Å². The average Bonchev–Trinajstić information content (AvgIpc) is 2.22. The number of hydrogen-bond acceptors (Lipinski definition) is 1. The molecule has 2 unspecified atom stereocenters. The smallest absolute Gasteiger partial charge is 0.126 e. The summed E-state index contributed by atoms with van der Waals surface area (Å²) in [6, 6.07) is 3.50. The zero-order chi connectivity index (χ0) is 12.3. The van der Waals surface area contributed by atoms with Gasteiger partial charge in [0, 0.05) is 5.54 Å². The van der Waals surface area contributed by atoms with Crippen LogP contribution < -0.4 is 5.73 Å². The number of halogens is 2. The number of hydrogen-bond donors (Lipinski definition) is 1. The zero-order valence-corrected chi connectivity index (χ0v) is 10.1. The molecule has 1 rings (SSSR count). The van der Waals surface area contributed by atoms with E-state index in [-0.39, 0.29) is 11.7 Å². The first kappa shape index (κ1) is 13.1. The van der Waals surface area contributed by atoms with Crippen LogP contribution >= 0.6 is 0 Å². The normalized spacial score (nSPS) is 16.9. The first-order chi connectivity index (χ1) is 7.36. The van der Waals surface area contributed by atoms with Crippen LogP contribution in [0.3, 0.4) is 0 Å². The lowest BCUT2D eigenvalue weighted by Crippen LogP contribution is -2.45. The van der Waals surface area contributed by atoms with Gasteiger partial charge < -0.3 is 5.73 Å². The maximum absolute atomic E-state index is 13.4. The van der Waals surface area contributed by atoms with Crippen LogP contribution in [0, 0.1) is 17.6 Å². The first-order valence-corrected chi connectivity index (χ1v) is 5.59. The Morgan fingerprint density at radius 2 is 2.00 bits per heavy atom. The van der Waals surface area contributed by atoms with E-state index in [0.717, 1.165) is 18.6 Å². The molecule has 0 aliphatic carbocycles. The van der Waals surface area contributed by atoms with Gasteiger partial charge in [-0.05, 0) is 43.0 Å². The molecule has 3 heteroatoms. The van der Waals surface area contributed by atoms with Gasteiger partial charge in [-0.15, -0.1) is 0 Å². The van der Waals surface area contributed by atoms with Crippen molar-refractivity contribution in [1.29, 1.82) is 0 Å². The lowest BCUT2D eigenvalue weighted by molar-refractivity contribution is 0.303. The van der Waals surface area contributed by atoms with Gasteiger partial charge in [0.05, 0.1) is 0 Å². The molecule has 16 heavy (non-hydrogen) atoms. The standard InChI is InChI=1S/C13H19F2N/c1-4-9(2)13(3,16)8-10-7-11(14)5-6-12(10)15/h5-7,9H,4,8,16H2,1-3H3. The van der Waals surface area contributed by atoms with Crippen molar-refractivity contribution >= 4 is 0 Å². The van der Waals surface area contributed by atoms with Crippen molar-refractivity contribution in [3.63, 3.8) is 0 Å². The van der Waals surface area contributed by atoms with Gasteiger partial charge in [0.2, 0.25) is 0 Å². The van der Waals surface area contributed by atoms with Crippen LogP contribution in [0.25, 0.3) is 0 Å². The summed E-state index contributed by atoms with van der Waals surface area (Å²) in [5.41, 5.74) is 5.97. The van der Waals surface area contributed by atoms with Gasteiger partial charge in [-0.1, -0.05) is 20.3 Å². The molecule has 0 aliphatic heterocycles. The van der Waals surface area contributed by atoms with Gasteiger partial charge in [-0.25, -0.2) is 8.78 Å². The van der Waals surface area contributed by atoms with Crippen LogP contribution in [0.15, 0.2) is 18.2 Å². The second-order valence-corrected chi connectivity index (χ2v) is 4.73. The van der Waals surface area contributed by atoms with Crippen LogP contribution in [0.4, 0.5) is 8.78 Å². The van der Waals surface area contributed by atoms with E-state index in [1.165, 1.54) is 6.07 Å². The van der Waals surface area contributed by atoms with Gasteiger partial charge in [0.1, 0.15) is 11.6 Å². The molecule has 0 radical (unpaired) electrons. The number of nitrogens with two attached hydrogens (primary N) is 1. The molecule has 90 valence electrons. The van der Waals surface area contributed by atoms with E-state index in [1.807, 2.05) is 20.8 Å². The van der Waals surface area contributed by atoms with Crippen molar-refractivity contribution in [3.8, 4) is 0 Å². The molecule has 1 nitrogen and oxygen atoms in total. The van der Waals surface area contributed by atoms with Crippen LogP contribution in [-0.4, -0.2) is 5.54 Å². The van der Waals surface area contributed by atoms with Crippen LogP contribution in [-0.2, 0) is 6.42 Å². The largest absolute Gasteiger partial charge is 0.325 e. The third-order valence-corrected chi connectivity index (χ3v) is 3.32. The fourth-order valence-electron chi connectivity index (χ4n) is 1.73. The highest BCUT2D eigenvalue weighted by molar-refractivity contribution is 5.21. The maximum Gasteiger partial charge on any atom is 0.126 e. The zero-order valence-electron chi connectivity index (χ0n) is 10.1. The van der Waals surface area contributed by atoms with Gasteiger partial charge in [-0.2, -0.15) is 0 Å². The lowest BCUT2D eigenvalue weighted by Gasteiger charge is -2.31. The molecule has 0 amide bonds. The van der Waals surface area contributed by atoms with Crippen molar-refractivity contribution < 1.29 is 8.78 Å². The molecular weight excluding hydrogens is 208 g/mol. The second kappa shape index (κ2) is 4.91. The predicted molar refractivity (Wildman–Crippen MR) is 62.1 cm³/mol. The third-order valence-electron chi connectivity index (χ3n) is 3.32. The topological polar surface area (TPSA) is 26.0 Å². The van der Waals surface area contributed by atoms with Crippen molar-refractivity contribution in [2.45, 2.75) is 39.2 Å². The maximum atomic E-state index is 13.4. The fraction of sp³-hybridized carbons (Fsp3) is 0.538. The highest BCUT2D eigenvalue weighted by atomic mass is 19.1. The van der Waals surface area contributed by atoms with Gasteiger partial charge in [0.25, 0.3) is 0 Å². The fourth-order valence-corrected chi connectivity index (χ4v) is 1.73. The summed E-state index contributed by atoms with van der Waals surface area (Å²) in [5, 5.41) is 0. The molecule has 1 aromatic rings. The molecule has 2 atom stereocenters. The van der Waals surface area contributed by atoms with Crippen molar-refractivity contribution in [2.24, 2.45) is 11.7 Å². The van der Waals surface area contributed by atoms with E-state index in [0.29, 0.717) is 12.0 Å². The summed E-state index contributed by atoms with van der Waals surface area (Å²) < 4.78 is 26.4. The Balaban J connectivity index is 2.91. The molecule has 1 aromatic carbocycles. The van der Waals surface area contributed by atoms with Crippen molar-refractivity contribution in [3.05, 3.63) is 35.4 Å². The Morgan fingerprint density at radius 3 is 2.56 bits per heavy atom. The Hall–Kier alpha value is -0.960. The van der Waals surface area contributed by atoms with Crippen LogP contribution in [0.5, 0.6) is 0 Å². The summed E-state index contributed by atoms with van der Waals surface area (Å²) in [4.78, 5) is 0. The van der Waals surface area contributed by atoms with E-state index in [1.54, 1.807) is 0 Å². The third kappa shape index (κ3) is 3.01. The molecular formula is C13H19F2N. The van der Waals surface area contributed by atoms with Crippen LogP contribution in [0.2, 0.25) is 0 Å². The van der Waals surface area contributed by atoms with Crippen molar-refractivity contribution in [1.82, 2.24) is 0 Å². The minimum atomic E-state index is -0.511. The summed E-state index contributed by atoms with van der Waals surface area (Å²) >= 11 is 0. The first-order valence-electron chi connectivity index (χ1n) is 5.59. The molecule has 0 aliphatic rings. The summed E-state index contributed by atoms with van der Waals surface area (Å²) in [6.45, 7) is 5.94. The molecule has 0 bridgehead atoms. The molecule has 0 aromatic heterocycles. The van der Waals surface area contributed by atoms with Crippen LogP contribution in [0.1, 0.15) is 32.8 Å². The SMILES string of the molecule is CCC(C)C(C)(N)Cc1cc(F)ccc1F. The van der Waals surface area contributed by atoms with E-state index in [2.05, 4.69) is 0 Å². The molecule has 0 fully saturated rings. The van der Waals surface area contributed by atoms with Crippen molar-refractivity contribution in [2.75, 3.05) is 0 Å².